The fourth-order valence-electron chi connectivity index (χ4n) is 3.44. The van der Waals surface area contributed by atoms with Crippen molar-refractivity contribution in [3.63, 3.8) is 0 Å². The van der Waals surface area contributed by atoms with Crippen LogP contribution in [0.25, 0.3) is 17.3 Å². The Bertz CT molecular complexity index is 1260. The minimum atomic E-state index is -0.304. The number of nitrogens with zero attached hydrogens (tertiary/aromatic N) is 4. The Labute approximate surface area is 191 Å². The summed E-state index contributed by atoms with van der Waals surface area (Å²) in [5.74, 6) is 0.658. The fraction of sp³-hybridized carbons (Fsp3) is 0.200. The predicted molar refractivity (Wildman–Crippen MR) is 124 cm³/mol. The molecule has 4 aromatic rings. The SMILES string of the molecule is CCCc1nnc(Cc2ccc(NC(=O)/C=C/c3cnn(C)c3-c3ccc(F)cc3)cc2)o1. The Morgan fingerprint density at radius 3 is 2.55 bits per heavy atom. The fourth-order valence-corrected chi connectivity index (χ4v) is 3.44. The largest absolute Gasteiger partial charge is 0.425 e. The summed E-state index contributed by atoms with van der Waals surface area (Å²) in [7, 11) is 1.80. The molecule has 0 aliphatic heterocycles. The molecule has 0 aliphatic carbocycles. The van der Waals surface area contributed by atoms with E-state index < -0.39 is 0 Å². The number of aromatic nitrogens is 4. The number of hydrogen-bond donors (Lipinski definition) is 1. The van der Waals surface area contributed by atoms with Crippen molar-refractivity contribution in [2.45, 2.75) is 26.2 Å². The molecule has 0 bridgehead atoms. The molecule has 0 atom stereocenters. The third-order valence-corrected chi connectivity index (χ3v) is 5.05. The van der Waals surface area contributed by atoms with Gasteiger partial charge in [-0.2, -0.15) is 5.10 Å². The molecular formula is C25H24FN5O2. The summed E-state index contributed by atoms with van der Waals surface area (Å²) in [4.78, 5) is 12.4. The van der Waals surface area contributed by atoms with Gasteiger partial charge in [0, 0.05) is 36.4 Å². The highest BCUT2D eigenvalue weighted by Gasteiger charge is 2.10. The zero-order valence-corrected chi connectivity index (χ0v) is 18.5. The standard InChI is InChI=1S/C25H24FN5O2/c1-3-4-23-29-30-24(33-23)15-17-5-12-21(13-6-17)28-22(32)14-9-19-16-27-31(2)25(19)18-7-10-20(26)11-8-18/h5-14,16H,3-4,15H2,1-2H3,(H,28,32)/b14-9+. The van der Waals surface area contributed by atoms with E-state index in [0.717, 1.165) is 35.2 Å². The number of anilines is 1. The molecule has 168 valence electrons. The average molecular weight is 445 g/mol. The number of carbonyl (C=O) groups is 1. The van der Waals surface area contributed by atoms with Gasteiger partial charge in [0.25, 0.3) is 0 Å². The highest BCUT2D eigenvalue weighted by atomic mass is 19.1. The topological polar surface area (TPSA) is 85.8 Å². The monoisotopic (exact) mass is 445 g/mol. The van der Waals surface area contributed by atoms with E-state index in [-0.39, 0.29) is 11.7 Å². The van der Waals surface area contributed by atoms with Crippen LogP contribution in [0.4, 0.5) is 10.1 Å². The van der Waals surface area contributed by atoms with Crippen LogP contribution in [-0.4, -0.2) is 25.9 Å². The number of rotatable bonds is 8. The maximum atomic E-state index is 13.3. The summed E-state index contributed by atoms with van der Waals surface area (Å²) < 4.78 is 20.6. The highest BCUT2D eigenvalue weighted by molar-refractivity contribution is 6.02. The van der Waals surface area contributed by atoms with Crippen molar-refractivity contribution in [3.05, 3.63) is 89.5 Å². The maximum Gasteiger partial charge on any atom is 0.248 e. The van der Waals surface area contributed by atoms with Crippen molar-refractivity contribution in [1.82, 2.24) is 20.0 Å². The van der Waals surface area contributed by atoms with Crippen LogP contribution in [0.15, 0.2) is 65.2 Å². The molecule has 0 fully saturated rings. The molecular weight excluding hydrogens is 421 g/mol. The third kappa shape index (κ3) is 5.60. The molecule has 0 unspecified atom stereocenters. The lowest BCUT2D eigenvalue weighted by Crippen LogP contribution is -2.07. The second-order valence-corrected chi connectivity index (χ2v) is 7.61. The summed E-state index contributed by atoms with van der Waals surface area (Å²) in [5.41, 5.74) is 4.06. The number of aryl methyl sites for hydroxylation is 2. The van der Waals surface area contributed by atoms with Crippen LogP contribution in [-0.2, 0) is 24.7 Å². The molecule has 0 radical (unpaired) electrons. The normalized spacial score (nSPS) is 11.2. The zero-order valence-electron chi connectivity index (χ0n) is 18.5. The molecule has 33 heavy (non-hydrogen) atoms. The Kier molecular flexibility index (Phi) is 6.73. The second-order valence-electron chi connectivity index (χ2n) is 7.61. The van der Waals surface area contributed by atoms with Gasteiger partial charge in [-0.05, 0) is 54.5 Å². The van der Waals surface area contributed by atoms with Gasteiger partial charge in [0.15, 0.2) is 0 Å². The Balaban J connectivity index is 1.38. The van der Waals surface area contributed by atoms with Gasteiger partial charge in [-0.3, -0.25) is 9.48 Å². The van der Waals surface area contributed by atoms with Gasteiger partial charge in [-0.15, -0.1) is 10.2 Å². The molecule has 1 amide bonds. The van der Waals surface area contributed by atoms with E-state index in [4.69, 9.17) is 4.42 Å². The zero-order chi connectivity index (χ0) is 23.2. The summed E-state index contributed by atoms with van der Waals surface area (Å²) in [6.45, 7) is 2.06. The highest BCUT2D eigenvalue weighted by Crippen LogP contribution is 2.24. The van der Waals surface area contributed by atoms with Crippen molar-refractivity contribution in [2.24, 2.45) is 7.05 Å². The molecule has 4 rings (SSSR count). The van der Waals surface area contributed by atoms with Crippen molar-refractivity contribution in [2.75, 3.05) is 5.32 Å². The smallest absolute Gasteiger partial charge is 0.248 e. The molecule has 2 aromatic carbocycles. The summed E-state index contributed by atoms with van der Waals surface area (Å²) in [5, 5.41) is 15.2. The van der Waals surface area contributed by atoms with E-state index in [1.807, 2.05) is 24.3 Å². The van der Waals surface area contributed by atoms with E-state index in [1.54, 1.807) is 36.1 Å². The Morgan fingerprint density at radius 2 is 1.82 bits per heavy atom. The van der Waals surface area contributed by atoms with Crippen molar-refractivity contribution < 1.29 is 13.6 Å². The van der Waals surface area contributed by atoms with Crippen LogP contribution < -0.4 is 5.32 Å². The van der Waals surface area contributed by atoms with Gasteiger partial charge in [0.05, 0.1) is 18.3 Å². The van der Waals surface area contributed by atoms with Gasteiger partial charge < -0.3 is 9.73 Å². The van der Waals surface area contributed by atoms with Crippen LogP contribution in [0.2, 0.25) is 0 Å². The molecule has 2 aromatic heterocycles. The minimum absolute atomic E-state index is 0.266. The van der Waals surface area contributed by atoms with Crippen molar-refractivity contribution in [3.8, 4) is 11.3 Å². The van der Waals surface area contributed by atoms with Crippen LogP contribution >= 0.6 is 0 Å². The van der Waals surface area contributed by atoms with Gasteiger partial charge in [-0.25, -0.2) is 4.39 Å². The molecule has 0 saturated heterocycles. The van der Waals surface area contributed by atoms with Gasteiger partial charge in [0.2, 0.25) is 17.7 Å². The van der Waals surface area contributed by atoms with E-state index in [1.165, 1.54) is 18.2 Å². The Hall–Kier alpha value is -4.07. The lowest BCUT2D eigenvalue weighted by molar-refractivity contribution is -0.111. The molecule has 0 saturated carbocycles. The molecule has 2 heterocycles. The van der Waals surface area contributed by atoms with Crippen LogP contribution in [0, 0.1) is 5.82 Å². The lowest BCUT2D eigenvalue weighted by atomic mass is 10.1. The van der Waals surface area contributed by atoms with E-state index in [2.05, 4.69) is 27.5 Å². The van der Waals surface area contributed by atoms with Crippen molar-refractivity contribution >= 4 is 17.7 Å². The predicted octanol–water partition coefficient (Wildman–Crippen LogP) is 4.80. The first-order chi connectivity index (χ1) is 16.0. The summed E-state index contributed by atoms with van der Waals surface area (Å²) in [6.07, 6.45) is 7.08. The molecule has 0 spiro atoms. The number of nitrogens with one attached hydrogen (secondary N) is 1. The van der Waals surface area contributed by atoms with Crippen LogP contribution in [0.3, 0.4) is 0 Å². The lowest BCUT2D eigenvalue weighted by Gasteiger charge is -2.05. The number of benzene rings is 2. The van der Waals surface area contributed by atoms with E-state index in [9.17, 15) is 9.18 Å². The summed E-state index contributed by atoms with van der Waals surface area (Å²) in [6, 6.07) is 13.7. The number of amides is 1. The molecule has 0 aliphatic rings. The van der Waals surface area contributed by atoms with Gasteiger partial charge in [-0.1, -0.05) is 19.1 Å². The second kappa shape index (κ2) is 10.0. The third-order valence-electron chi connectivity index (χ3n) is 5.05. The first-order valence-corrected chi connectivity index (χ1v) is 10.7. The average Bonchev–Trinajstić information content (AvgIpc) is 3.40. The maximum absolute atomic E-state index is 13.3. The molecule has 8 heteroatoms. The van der Waals surface area contributed by atoms with Crippen LogP contribution in [0.5, 0.6) is 0 Å². The van der Waals surface area contributed by atoms with Crippen LogP contribution in [0.1, 0.15) is 36.3 Å². The van der Waals surface area contributed by atoms with Crippen molar-refractivity contribution in [1.29, 1.82) is 0 Å². The molecule has 1 N–H and O–H groups in total. The first-order valence-electron chi connectivity index (χ1n) is 10.7. The van der Waals surface area contributed by atoms with E-state index in [0.29, 0.717) is 23.9 Å². The van der Waals surface area contributed by atoms with Gasteiger partial charge in [0.1, 0.15) is 5.82 Å². The minimum Gasteiger partial charge on any atom is -0.425 e. The quantitative estimate of drug-likeness (QED) is 0.394. The first kappa shape index (κ1) is 22.1. The number of halogens is 1. The number of carbonyl (C=O) groups excluding carboxylic acids is 1. The van der Waals surface area contributed by atoms with E-state index >= 15 is 0 Å². The number of hydrogen-bond acceptors (Lipinski definition) is 5. The summed E-state index contributed by atoms with van der Waals surface area (Å²) >= 11 is 0. The molecule has 7 nitrogen and oxygen atoms in total. The van der Waals surface area contributed by atoms with Gasteiger partial charge >= 0.3 is 0 Å². The Morgan fingerprint density at radius 1 is 1.09 bits per heavy atom.